The van der Waals surface area contributed by atoms with E-state index in [4.69, 9.17) is 0 Å². The molecule has 0 aromatic rings. The van der Waals surface area contributed by atoms with E-state index < -0.39 is 0 Å². The minimum Gasteiger partial charge on any atom is -0.338 e. The van der Waals surface area contributed by atoms with Crippen LogP contribution in [0.25, 0.3) is 0 Å². The van der Waals surface area contributed by atoms with Crippen molar-refractivity contribution in [1.82, 2.24) is 4.90 Å². The van der Waals surface area contributed by atoms with Crippen LogP contribution in [0.4, 0.5) is 0 Å². The molecule has 0 saturated carbocycles. The predicted octanol–water partition coefficient (Wildman–Crippen LogP) is 5.36. The summed E-state index contributed by atoms with van der Waals surface area (Å²) in [7, 11) is 0. The Hall–Kier alpha value is -1.28. The fourth-order valence-electron chi connectivity index (χ4n) is 2.91. The quantitative estimate of drug-likeness (QED) is 0.673. The van der Waals surface area contributed by atoms with Crippen LogP contribution in [-0.2, 0) is 0 Å². The van der Waals surface area contributed by atoms with E-state index >= 15 is 0 Å². The highest BCUT2D eigenvalue weighted by Gasteiger charge is 2.22. The van der Waals surface area contributed by atoms with Gasteiger partial charge in [0.1, 0.15) is 0 Å². The number of hydrogen-bond acceptors (Lipinski definition) is 1. The Morgan fingerprint density at radius 2 is 2.00 bits per heavy atom. The van der Waals surface area contributed by atoms with Gasteiger partial charge in [-0.2, -0.15) is 0 Å². The van der Waals surface area contributed by atoms with Crippen LogP contribution >= 0.6 is 15.9 Å². The molecule has 3 rings (SSSR count). The van der Waals surface area contributed by atoms with Crippen LogP contribution < -0.4 is 0 Å². The van der Waals surface area contributed by atoms with Crippen molar-refractivity contribution in [3.05, 3.63) is 70.6 Å². The van der Waals surface area contributed by atoms with E-state index in [-0.39, 0.29) is 0 Å². The molecule has 0 heterocycles. The molecular formula is C18H20BrN. The molecule has 104 valence electrons. The van der Waals surface area contributed by atoms with Gasteiger partial charge in [-0.05, 0) is 48.7 Å². The molecule has 0 aliphatic heterocycles. The summed E-state index contributed by atoms with van der Waals surface area (Å²) in [6.07, 6.45) is 25.9. The fourth-order valence-corrected chi connectivity index (χ4v) is 3.24. The monoisotopic (exact) mass is 329 g/mol. The second-order valence-electron chi connectivity index (χ2n) is 5.37. The Bertz CT molecular complexity index is 546. The first-order chi connectivity index (χ1) is 9.84. The first-order valence-electron chi connectivity index (χ1n) is 7.39. The molecule has 0 aromatic carbocycles. The summed E-state index contributed by atoms with van der Waals surface area (Å²) in [6.45, 7) is 0. The van der Waals surface area contributed by atoms with E-state index in [0.29, 0.717) is 6.04 Å². The number of rotatable bonds is 3. The molecule has 0 fully saturated rings. The topological polar surface area (TPSA) is 3.24 Å². The highest BCUT2D eigenvalue weighted by Crippen LogP contribution is 2.32. The van der Waals surface area contributed by atoms with E-state index in [0.717, 1.165) is 25.7 Å². The molecule has 3 aliphatic carbocycles. The predicted molar refractivity (Wildman–Crippen MR) is 89.3 cm³/mol. The molecule has 0 aromatic heterocycles. The van der Waals surface area contributed by atoms with Crippen molar-refractivity contribution < 1.29 is 0 Å². The molecule has 0 saturated heterocycles. The van der Waals surface area contributed by atoms with Crippen molar-refractivity contribution >= 4 is 15.9 Å². The fraction of sp³-hybridized carbons (Fsp3) is 0.333. The lowest BCUT2D eigenvalue weighted by atomic mass is 10.00. The third kappa shape index (κ3) is 3.06. The zero-order valence-electron chi connectivity index (χ0n) is 11.6. The zero-order valence-corrected chi connectivity index (χ0v) is 13.2. The van der Waals surface area contributed by atoms with Gasteiger partial charge in [-0.25, -0.2) is 0 Å². The van der Waals surface area contributed by atoms with Crippen LogP contribution in [0.3, 0.4) is 0 Å². The van der Waals surface area contributed by atoms with Gasteiger partial charge in [0.25, 0.3) is 0 Å². The van der Waals surface area contributed by atoms with Crippen LogP contribution in [0, 0.1) is 0 Å². The molecule has 1 atom stereocenters. The SMILES string of the molecule is BrC1=CC=C(N(C2=CCCC=C2)C2C=CC=CC2)CC1. The summed E-state index contributed by atoms with van der Waals surface area (Å²) in [5.74, 6) is 0. The Morgan fingerprint density at radius 3 is 2.65 bits per heavy atom. The highest BCUT2D eigenvalue weighted by molar-refractivity contribution is 9.11. The molecule has 20 heavy (non-hydrogen) atoms. The first-order valence-corrected chi connectivity index (χ1v) is 8.18. The van der Waals surface area contributed by atoms with Gasteiger partial charge < -0.3 is 4.90 Å². The van der Waals surface area contributed by atoms with E-state index in [9.17, 15) is 0 Å². The van der Waals surface area contributed by atoms with Crippen molar-refractivity contribution in [2.45, 2.75) is 38.1 Å². The van der Waals surface area contributed by atoms with Gasteiger partial charge in [0, 0.05) is 11.4 Å². The molecule has 0 radical (unpaired) electrons. The van der Waals surface area contributed by atoms with Crippen LogP contribution in [0.1, 0.15) is 32.1 Å². The smallest absolute Gasteiger partial charge is 0.0556 e. The van der Waals surface area contributed by atoms with Crippen LogP contribution in [0.5, 0.6) is 0 Å². The van der Waals surface area contributed by atoms with Gasteiger partial charge in [-0.15, -0.1) is 0 Å². The van der Waals surface area contributed by atoms with Gasteiger partial charge in [0.2, 0.25) is 0 Å². The number of nitrogens with zero attached hydrogens (tertiary/aromatic N) is 1. The summed E-state index contributed by atoms with van der Waals surface area (Å²) < 4.78 is 1.30. The van der Waals surface area contributed by atoms with Gasteiger partial charge in [0.15, 0.2) is 0 Å². The molecule has 2 heteroatoms. The number of hydrogen-bond donors (Lipinski definition) is 0. The average molecular weight is 330 g/mol. The average Bonchev–Trinajstić information content (AvgIpc) is 2.52. The summed E-state index contributed by atoms with van der Waals surface area (Å²) in [5.41, 5.74) is 2.79. The molecule has 1 unspecified atom stereocenters. The third-order valence-corrected chi connectivity index (χ3v) is 4.59. The second kappa shape index (κ2) is 6.45. The van der Waals surface area contributed by atoms with Gasteiger partial charge in [-0.1, -0.05) is 58.5 Å². The standard InChI is InChI=1S/C18H20BrN/c19-15-11-13-18(14-12-15)20(16-7-3-1-4-8-16)17-9-5-2-6-10-17/h1,3-5,7,9-11,13,16H,2,6,8,12,14H2. The van der Waals surface area contributed by atoms with Crippen molar-refractivity contribution in [3.63, 3.8) is 0 Å². The van der Waals surface area contributed by atoms with Crippen LogP contribution in [0.2, 0.25) is 0 Å². The first kappa shape index (κ1) is 13.7. The van der Waals surface area contributed by atoms with Gasteiger partial charge in [0.05, 0.1) is 6.04 Å². The van der Waals surface area contributed by atoms with Gasteiger partial charge >= 0.3 is 0 Å². The van der Waals surface area contributed by atoms with Crippen LogP contribution in [-0.4, -0.2) is 10.9 Å². The molecular weight excluding hydrogens is 310 g/mol. The van der Waals surface area contributed by atoms with E-state index in [2.05, 4.69) is 75.5 Å². The highest BCUT2D eigenvalue weighted by atomic mass is 79.9. The Morgan fingerprint density at radius 1 is 1.05 bits per heavy atom. The van der Waals surface area contributed by atoms with Crippen molar-refractivity contribution in [3.8, 4) is 0 Å². The third-order valence-electron chi connectivity index (χ3n) is 3.93. The summed E-state index contributed by atoms with van der Waals surface area (Å²) in [6, 6.07) is 0.450. The molecule has 0 N–H and O–H groups in total. The normalized spacial score (nSPS) is 25.1. The maximum absolute atomic E-state index is 3.60. The molecule has 0 bridgehead atoms. The Labute approximate surface area is 129 Å². The Kier molecular flexibility index (Phi) is 4.41. The largest absolute Gasteiger partial charge is 0.338 e. The zero-order chi connectivity index (χ0) is 13.8. The lowest BCUT2D eigenvalue weighted by Gasteiger charge is -2.36. The maximum Gasteiger partial charge on any atom is 0.0556 e. The minimum absolute atomic E-state index is 0.450. The summed E-state index contributed by atoms with van der Waals surface area (Å²) >= 11 is 3.60. The van der Waals surface area contributed by atoms with Crippen LogP contribution in [0.15, 0.2) is 70.6 Å². The lowest BCUT2D eigenvalue weighted by molar-refractivity contribution is 0.355. The number of halogens is 1. The molecule has 0 amide bonds. The van der Waals surface area contributed by atoms with Crippen molar-refractivity contribution in [2.75, 3.05) is 0 Å². The molecule has 0 spiro atoms. The van der Waals surface area contributed by atoms with Crippen molar-refractivity contribution in [2.24, 2.45) is 0 Å². The van der Waals surface area contributed by atoms with E-state index in [1.165, 1.54) is 22.3 Å². The minimum atomic E-state index is 0.450. The van der Waals surface area contributed by atoms with Crippen molar-refractivity contribution in [1.29, 1.82) is 0 Å². The summed E-state index contributed by atoms with van der Waals surface area (Å²) in [5, 5.41) is 0. The Balaban J connectivity index is 1.91. The number of allylic oxidation sites excluding steroid dienone is 9. The van der Waals surface area contributed by atoms with E-state index in [1.54, 1.807) is 0 Å². The molecule has 1 nitrogen and oxygen atoms in total. The summed E-state index contributed by atoms with van der Waals surface area (Å²) in [4.78, 5) is 2.52. The lowest BCUT2D eigenvalue weighted by Crippen LogP contribution is -2.33. The maximum atomic E-state index is 3.60. The second-order valence-corrected chi connectivity index (χ2v) is 6.38. The molecule has 3 aliphatic rings. The van der Waals surface area contributed by atoms with Gasteiger partial charge in [-0.3, -0.25) is 0 Å². The van der Waals surface area contributed by atoms with E-state index in [1.807, 2.05) is 0 Å².